The largest absolute Gasteiger partial charge is 0.394 e. The number of likely N-dealkylation sites (tertiary alicyclic amines) is 1. The van der Waals surface area contributed by atoms with Crippen molar-refractivity contribution in [3.63, 3.8) is 0 Å². The number of aliphatic hydroxyl groups is 1. The molecule has 20 heavy (non-hydrogen) atoms. The molecule has 0 radical (unpaired) electrons. The summed E-state index contributed by atoms with van der Waals surface area (Å²) in [6, 6.07) is 9.14. The Morgan fingerprint density at radius 3 is 2.25 bits per heavy atom. The van der Waals surface area contributed by atoms with Crippen molar-refractivity contribution in [1.29, 1.82) is 0 Å². The molecule has 1 N–H and O–H groups in total. The first-order valence-electron chi connectivity index (χ1n) is 6.77. The molecule has 2 heterocycles. The molecule has 2 bridgehead atoms. The molecule has 106 valence electrons. The Kier molecular flexibility index (Phi) is 3.11. The lowest BCUT2D eigenvalue weighted by atomic mass is 9.89. The maximum Gasteiger partial charge on any atom is 0.259 e. The summed E-state index contributed by atoms with van der Waals surface area (Å²) in [5.74, 6) is -0.687. The van der Waals surface area contributed by atoms with E-state index < -0.39 is 17.7 Å². The highest BCUT2D eigenvalue weighted by atomic mass is 16.5. The molecule has 0 saturated carbocycles. The lowest BCUT2D eigenvalue weighted by Crippen LogP contribution is -2.61. The van der Waals surface area contributed by atoms with Crippen molar-refractivity contribution in [2.75, 3.05) is 6.61 Å². The molecule has 5 heteroatoms. The standard InChI is InChI=1S/C15H17NO4/c1-15(9-17,10-5-3-2-4-6-10)16-13(18)11-7-8-12(20-11)14(16)19/h2-6,11-12,17H,7-9H2,1H3. The van der Waals surface area contributed by atoms with E-state index in [-0.39, 0.29) is 18.4 Å². The molecule has 1 aromatic rings. The van der Waals surface area contributed by atoms with Crippen LogP contribution in [-0.2, 0) is 19.9 Å². The first-order chi connectivity index (χ1) is 9.58. The Bertz CT molecular complexity index is 522. The zero-order valence-corrected chi connectivity index (χ0v) is 11.3. The second kappa shape index (κ2) is 4.68. The number of hydrogen-bond acceptors (Lipinski definition) is 4. The van der Waals surface area contributed by atoms with Crippen LogP contribution in [0.3, 0.4) is 0 Å². The van der Waals surface area contributed by atoms with Gasteiger partial charge in [-0.15, -0.1) is 0 Å². The van der Waals surface area contributed by atoms with Crippen LogP contribution in [0.5, 0.6) is 0 Å². The minimum Gasteiger partial charge on any atom is -0.394 e. The lowest BCUT2D eigenvalue weighted by Gasteiger charge is -2.42. The summed E-state index contributed by atoms with van der Waals surface area (Å²) in [6.07, 6.45) is 0.0453. The van der Waals surface area contributed by atoms with E-state index in [0.29, 0.717) is 12.8 Å². The molecule has 2 amide bonds. The van der Waals surface area contributed by atoms with E-state index in [1.165, 1.54) is 4.90 Å². The van der Waals surface area contributed by atoms with Gasteiger partial charge < -0.3 is 9.84 Å². The summed E-state index contributed by atoms with van der Waals surface area (Å²) >= 11 is 0. The van der Waals surface area contributed by atoms with E-state index in [4.69, 9.17) is 4.74 Å². The van der Waals surface area contributed by atoms with Gasteiger partial charge in [-0.1, -0.05) is 30.3 Å². The third-order valence-electron chi connectivity index (χ3n) is 4.21. The lowest BCUT2D eigenvalue weighted by molar-refractivity contribution is -0.178. The Morgan fingerprint density at radius 1 is 1.20 bits per heavy atom. The van der Waals surface area contributed by atoms with Crippen molar-refractivity contribution in [3.8, 4) is 0 Å². The van der Waals surface area contributed by atoms with Gasteiger partial charge in [-0.3, -0.25) is 14.5 Å². The number of benzene rings is 1. The molecule has 1 aromatic carbocycles. The highest BCUT2D eigenvalue weighted by Crippen LogP contribution is 2.37. The van der Waals surface area contributed by atoms with Crippen LogP contribution in [0.4, 0.5) is 0 Å². The second-order valence-corrected chi connectivity index (χ2v) is 5.50. The van der Waals surface area contributed by atoms with Gasteiger partial charge in [0, 0.05) is 0 Å². The first-order valence-corrected chi connectivity index (χ1v) is 6.77. The van der Waals surface area contributed by atoms with Crippen LogP contribution in [0, 0.1) is 0 Å². The van der Waals surface area contributed by atoms with E-state index in [1.807, 2.05) is 30.3 Å². The molecule has 0 aliphatic carbocycles. The average Bonchev–Trinajstić information content (AvgIpc) is 2.93. The summed E-state index contributed by atoms with van der Waals surface area (Å²) in [6.45, 7) is 1.40. The Labute approximate surface area is 117 Å². The normalized spacial score (nSPS) is 28.6. The zero-order chi connectivity index (χ0) is 14.3. The van der Waals surface area contributed by atoms with Crippen LogP contribution in [-0.4, -0.2) is 40.6 Å². The quantitative estimate of drug-likeness (QED) is 0.829. The molecule has 0 spiro atoms. The number of morpholine rings is 1. The molecular formula is C15H17NO4. The Hall–Kier alpha value is -1.72. The fraction of sp³-hybridized carbons (Fsp3) is 0.467. The van der Waals surface area contributed by atoms with E-state index in [2.05, 4.69) is 0 Å². The van der Waals surface area contributed by atoms with Crippen LogP contribution < -0.4 is 0 Å². The number of fused-ring (bicyclic) bond motifs is 2. The number of imide groups is 1. The summed E-state index contributed by atoms with van der Waals surface area (Å²) in [5, 5.41) is 9.83. The number of carbonyl (C=O) groups excluding carboxylic acids is 2. The third kappa shape index (κ3) is 1.77. The molecule has 2 saturated heterocycles. The van der Waals surface area contributed by atoms with Gasteiger partial charge >= 0.3 is 0 Å². The second-order valence-electron chi connectivity index (χ2n) is 5.50. The van der Waals surface area contributed by atoms with Gasteiger partial charge in [0.2, 0.25) is 0 Å². The monoisotopic (exact) mass is 275 g/mol. The molecule has 0 aromatic heterocycles. The molecular weight excluding hydrogens is 258 g/mol. The maximum absolute atomic E-state index is 12.4. The van der Waals surface area contributed by atoms with Gasteiger partial charge in [-0.25, -0.2) is 0 Å². The van der Waals surface area contributed by atoms with Crippen molar-refractivity contribution >= 4 is 11.8 Å². The fourth-order valence-electron chi connectivity index (χ4n) is 2.97. The van der Waals surface area contributed by atoms with Crippen LogP contribution in [0.2, 0.25) is 0 Å². The van der Waals surface area contributed by atoms with Crippen LogP contribution in [0.1, 0.15) is 25.3 Å². The van der Waals surface area contributed by atoms with Crippen molar-refractivity contribution < 1.29 is 19.4 Å². The Morgan fingerprint density at radius 2 is 1.75 bits per heavy atom. The van der Waals surface area contributed by atoms with Gasteiger partial charge in [-0.05, 0) is 25.3 Å². The summed E-state index contributed by atoms with van der Waals surface area (Å²) in [4.78, 5) is 26.1. The summed E-state index contributed by atoms with van der Waals surface area (Å²) in [5.41, 5.74) is -0.300. The average molecular weight is 275 g/mol. The number of nitrogens with zero attached hydrogens (tertiary/aromatic N) is 1. The van der Waals surface area contributed by atoms with Crippen LogP contribution in [0.25, 0.3) is 0 Å². The molecule has 3 rings (SSSR count). The highest BCUT2D eigenvalue weighted by molar-refractivity contribution is 6.03. The van der Waals surface area contributed by atoms with Crippen molar-refractivity contribution in [3.05, 3.63) is 35.9 Å². The smallest absolute Gasteiger partial charge is 0.259 e. The number of hydrogen-bond donors (Lipinski definition) is 1. The first kappa shape index (κ1) is 13.3. The summed E-state index contributed by atoms with van der Waals surface area (Å²) < 4.78 is 5.41. The fourth-order valence-corrected chi connectivity index (χ4v) is 2.97. The van der Waals surface area contributed by atoms with Gasteiger partial charge in [-0.2, -0.15) is 0 Å². The number of rotatable bonds is 3. The number of amides is 2. The molecule has 2 aliphatic rings. The number of aliphatic hydroxyl groups excluding tert-OH is 1. The highest BCUT2D eigenvalue weighted by Gasteiger charge is 2.53. The molecule has 2 fully saturated rings. The summed E-state index contributed by atoms with van der Waals surface area (Å²) in [7, 11) is 0. The van der Waals surface area contributed by atoms with E-state index >= 15 is 0 Å². The van der Waals surface area contributed by atoms with Gasteiger partial charge in [0.25, 0.3) is 11.8 Å². The van der Waals surface area contributed by atoms with Gasteiger partial charge in [0.1, 0.15) is 12.2 Å². The molecule has 2 aliphatic heterocycles. The van der Waals surface area contributed by atoms with E-state index in [0.717, 1.165) is 5.56 Å². The molecule has 5 nitrogen and oxygen atoms in total. The third-order valence-corrected chi connectivity index (χ3v) is 4.21. The van der Waals surface area contributed by atoms with E-state index in [9.17, 15) is 14.7 Å². The predicted octanol–water partition coefficient (Wildman–Crippen LogP) is 0.810. The van der Waals surface area contributed by atoms with Crippen LogP contribution >= 0.6 is 0 Å². The minimum atomic E-state index is -1.04. The van der Waals surface area contributed by atoms with Crippen molar-refractivity contribution in [1.82, 2.24) is 4.90 Å². The molecule has 3 unspecified atom stereocenters. The number of carbonyl (C=O) groups is 2. The molecule has 3 atom stereocenters. The maximum atomic E-state index is 12.4. The van der Waals surface area contributed by atoms with Crippen molar-refractivity contribution in [2.24, 2.45) is 0 Å². The SMILES string of the molecule is CC(CO)(c1ccccc1)N1C(=O)C2CCC(O2)C1=O. The topological polar surface area (TPSA) is 66.8 Å². The number of ether oxygens (including phenoxy) is 1. The van der Waals surface area contributed by atoms with E-state index in [1.54, 1.807) is 6.92 Å². The van der Waals surface area contributed by atoms with Crippen LogP contribution in [0.15, 0.2) is 30.3 Å². The van der Waals surface area contributed by atoms with Gasteiger partial charge in [0.05, 0.1) is 12.1 Å². The minimum absolute atomic E-state index is 0.312. The predicted molar refractivity (Wildman–Crippen MR) is 70.6 cm³/mol. The van der Waals surface area contributed by atoms with Gasteiger partial charge in [0.15, 0.2) is 0 Å². The Balaban J connectivity index is 2.04. The van der Waals surface area contributed by atoms with Crippen molar-refractivity contribution in [2.45, 2.75) is 37.5 Å². The zero-order valence-electron chi connectivity index (χ0n) is 11.3.